The van der Waals surface area contributed by atoms with Crippen molar-refractivity contribution in [3.8, 4) is 0 Å². The Hall–Kier alpha value is -2.90. The van der Waals surface area contributed by atoms with E-state index < -0.39 is 12.1 Å². The van der Waals surface area contributed by atoms with Crippen molar-refractivity contribution >= 4 is 23.2 Å². The molecule has 0 spiro atoms. The van der Waals surface area contributed by atoms with E-state index in [2.05, 4.69) is 16.0 Å². The maximum atomic E-state index is 13.4. The van der Waals surface area contributed by atoms with Crippen LogP contribution in [0, 0.1) is 0 Å². The SMILES string of the molecule is CCNc1cc(C(=O)N[C@@H](Cc2ccccc2)[C@@H](O)CNC(C)(C)C)cc(N2CCCC2=O)c1. The quantitative estimate of drug-likeness (QED) is 0.431. The van der Waals surface area contributed by atoms with E-state index in [1.165, 1.54) is 0 Å². The van der Waals surface area contributed by atoms with Crippen LogP contribution in [0.3, 0.4) is 0 Å². The van der Waals surface area contributed by atoms with Crippen molar-refractivity contribution < 1.29 is 14.7 Å². The summed E-state index contributed by atoms with van der Waals surface area (Å²) in [5.74, 6) is -0.200. The fourth-order valence-electron chi connectivity index (χ4n) is 4.08. The minimum absolute atomic E-state index is 0.0747. The summed E-state index contributed by atoms with van der Waals surface area (Å²) in [6.45, 7) is 9.82. The molecule has 0 unspecified atom stereocenters. The van der Waals surface area contributed by atoms with Gasteiger partial charge in [0.05, 0.1) is 12.1 Å². The number of β-amino-alcohol motifs (C(OH)–C–C–N with tert-alkyl or cyclic N) is 1. The van der Waals surface area contributed by atoms with Crippen LogP contribution < -0.4 is 20.9 Å². The second-order valence-corrected chi connectivity index (χ2v) is 9.92. The number of anilines is 2. The van der Waals surface area contributed by atoms with Crippen LogP contribution in [-0.4, -0.2) is 54.2 Å². The Labute approximate surface area is 202 Å². The number of nitrogens with zero attached hydrogens (tertiary/aromatic N) is 1. The molecule has 0 radical (unpaired) electrons. The topological polar surface area (TPSA) is 93.7 Å². The number of amides is 2. The molecule has 0 bridgehead atoms. The molecule has 2 atom stereocenters. The molecule has 1 fully saturated rings. The first-order valence-electron chi connectivity index (χ1n) is 12.1. The second-order valence-electron chi connectivity index (χ2n) is 9.92. The van der Waals surface area contributed by atoms with Crippen molar-refractivity contribution in [2.75, 3.05) is 29.9 Å². The Bertz CT molecular complexity index is 972. The zero-order valence-electron chi connectivity index (χ0n) is 20.7. The summed E-state index contributed by atoms with van der Waals surface area (Å²) in [6.07, 6.45) is 1.07. The molecule has 0 aliphatic carbocycles. The van der Waals surface area contributed by atoms with Crippen molar-refractivity contribution in [1.29, 1.82) is 0 Å². The molecule has 7 heteroatoms. The number of carbonyl (C=O) groups excluding carboxylic acids is 2. The number of carbonyl (C=O) groups is 2. The minimum atomic E-state index is -0.778. The van der Waals surface area contributed by atoms with Crippen LogP contribution in [0.2, 0.25) is 0 Å². The average Bonchev–Trinajstić information content (AvgIpc) is 3.23. The first-order chi connectivity index (χ1) is 16.2. The fourth-order valence-corrected chi connectivity index (χ4v) is 4.08. The lowest BCUT2D eigenvalue weighted by atomic mass is 9.99. The molecular weight excluding hydrogens is 428 g/mol. The molecule has 1 aliphatic rings. The molecule has 0 saturated carbocycles. The highest BCUT2D eigenvalue weighted by Gasteiger charge is 2.26. The van der Waals surface area contributed by atoms with Crippen LogP contribution in [0.5, 0.6) is 0 Å². The molecule has 1 saturated heterocycles. The number of aliphatic hydroxyl groups excluding tert-OH is 1. The van der Waals surface area contributed by atoms with Crippen LogP contribution in [0.25, 0.3) is 0 Å². The Morgan fingerprint density at radius 2 is 1.88 bits per heavy atom. The predicted octanol–water partition coefficient (Wildman–Crippen LogP) is 3.34. The summed E-state index contributed by atoms with van der Waals surface area (Å²) in [6, 6.07) is 14.8. The number of hydrogen-bond donors (Lipinski definition) is 4. The lowest BCUT2D eigenvalue weighted by molar-refractivity contribution is -0.117. The van der Waals surface area contributed by atoms with Crippen molar-refractivity contribution in [1.82, 2.24) is 10.6 Å². The van der Waals surface area contributed by atoms with E-state index in [0.29, 0.717) is 38.0 Å². The third-order valence-electron chi connectivity index (χ3n) is 5.87. The fraction of sp³-hybridized carbons (Fsp3) is 0.481. The second kappa shape index (κ2) is 11.5. The Balaban J connectivity index is 1.84. The number of aliphatic hydroxyl groups is 1. The van der Waals surface area contributed by atoms with E-state index in [0.717, 1.165) is 23.4 Å². The van der Waals surface area contributed by atoms with Crippen LogP contribution in [0.4, 0.5) is 11.4 Å². The maximum Gasteiger partial charge on any atom is 0.251 e. The van der Waals surface area contributed by atoms with E-state index >= 15 is 0 Å². The molecule has 2 amide bonds. The molecule has 2 aromatic carbocycles. The average molecular weight is 467 g/mol. The Morgan fingerprint density at radius 3 is 2.50 bits per heavy atom. The van der Waals surface area contributed by atoms with Gasteiger partial charge in [0.2, 0.25) is 5.91 Å². The third kappa shape index (κ3) is 7.30. The number of nitrogens with one attached hydrogen (secondary N) is 3. The van der Waals surface area contributed by atoms with E-state index in [9.17, 15) is 14.7 Å². The summed E-state index contributed by atoms with van der Waals surface area (Å²) in [5.41, 5.74) is 2.86. The van der Waals surface area contributed by atoms with Gasteiger partial charge in [-0.15, -0.1) is 0 Å². The predicted molar refractivity (Wildman–Crippen MR) is 137 cm³/mol. The molecule has 2 aromatic rings. The lowest BCUT2D eigenvalue weighted by Crippen LogP contribution is -2.51. The van der Waals surface area contributed by atoms with Gasteiger partial charge in [-0.2, -0.15) is 0 Å². The van der Waals surface area contributed by atoms with Gasteiger partial charge in [-0.05, 0) is 64.3 Å². The minimum Gasteiger partial charge on any atom is -0.390 e. The van der Waals surface area contributed by atoms with Gasteiger partial charge in [-0.25, -0.2) is 0 Å². The van der Waals surface area contributed by atoms with Gasteiger partial charge in [-0.3, -0.25) is 9.59 Å². The summed E-state index contributed by atoms with van der Waals surface area (Å²) in [5, 5.41) is 20.6. The van der Waals surface area contributed by atoms with Gasteiger partial charge in [0, 0.05) is 48.5 Å². The number of rotatable bonds is 10. The molecule has 1 aliphatic heterocycles. The van der Waals surface area contributed by atoms with Gasteiger partial charge in [0.25, 0.3) is 5.91 Å². The lowest BCUT2D eigenvalue weighted by Gasteiger charge is -2.28. The summed E-state index contributed by atoms with van der Waals surface area (Å²) in [7, 11) is 0. The third-order valence-corrected chi connectivity index (χ3v) is 5.87. The molecule has 34 heavy (non-hydrogen) atoms. The highest BCUT2D eigenvalue weighted by atomic mass is 16.3. The smallest absolute Gasteiger partial charge is 0.251 e. The molecule has 1 heterocycles. The number of hydrogen-bond acceptors (Lipinski definition) is 5. The summed E-state index contributed by atoms with van der Waals surface area (Å²) < 4.78 is 0. The van der Waals surface area contributed by atoms with E-state index in [1.807, 2.05) is 64.1 Å². The van der Waals surface area contributed by atoms with Gasteiger partial charge in [-0.1, -0.05) is 30.3 Å². The van der Waals surface area contributed by atoms with Crippen molar-refractivity contribution in [3.05, 3.63) is 59.7 Å². The van der Waals surface area contributed by atoms with Gasteiger partial charge in [0.1, 0.15) is 0 Å². The van der Waals surface area contributed by atoms with Gasteiger partial charge < -0.3 is 26.0 Å². The zero-order chi connectivity index (χ0) is 24.7. The first kappa shape index (κ1) is 25.7. The van der Waals surface area contributed by atoms with Crippen LogP contribution in [0.15, 0.2) is 48.5 Å². The molecule has 4 N–H and O–H groups in total. The highest BCUT2D eigenvalue weighted by Crippen LogP contribution is 2.27. The standard InChI is InChI=1S/C27H38N4O3/c1-5-28-21-15-20(16-22(17-21)31-13-9-12-25(31)33)26(34)30-23(14-19-10-7-6-8-11-19)24(32)18-29-27(2,3)4/h6-8,10-11,15-17,23-24,28-29,32H,5,9,12-14,18H2,1-4H3,(H,30,34)/t23-,24-/m0/s1. The van der Waals surface area contributed by atoms with E-state index in [4.69, 9.17) is 0 Å². The van der Waals surface area contributed by atoms with Crippen LogP contribution >= 0.6 is 0 Å². The number of benzene rings is 2. The highest BCUT2D eigenvalue weighted by molar-refractivity contribution is 6.00. The molecular formula is C27H38N4O3. The summed E-state index contributed by atoms with van der Waals surface area (Å²) in [4.78, 5) is 27.4. The zero-order valence-corrected chi connectivity index (χ0v) is 20.7. The molecule has 184 valence electrons. The first-order valence-corrected chi connectivity index (χ1v) is 12.1. The summed E-state index contributed by atoms with van der Waals surface area (Å²) >= 11 is 0. The largest absolute Gasteiger partial charge is 0.390 e. The molecule has 0 aromatic heterocycles. The Morgan fingerprint density at radius 1 is 1.15 bits per heavy atom. The van der Waals surface area contributed by atoms with Crippen molar-refractivity contribution in [2.24, 2.45) is 0 Å². The monoisotopic (exact) mass is 466 g/mol. The Kier molecular flexibility index (Phi) is 8.69. The molecule has 7 nitrogen and oxygen atoms in total. The van der Waals surface area contributed by atoms with E-state index in [-0.39, 0.29) is 17.4 Å². The van der Waals surface area contributed by atoms with Crippen LogP contribution in [-0.2, 0) is 11.2 Å². The van der Waals surface area contributed by atoms with Gasteiger partial charge in [0.15, 0.2) is 0 Å². The van der Waals surface area contributed by atoms with Crippen molar-refractivity contribution in [2.45, 2.75) is 64.6 Å². The van der Waals surface area contributed by atoms with Crippen molar-refractivity contribution in [3.63, 3.8) is 0 Å². The van der Waals surface area contributed by atoms with Gasteiger partial charge >= 0.3 is 0 Å². The normalized spacial score (nSPS) is 15.8. The van der Waals surface area contributed by atoms with E-state index in [1.54, 1.807) is 17.0 Å². The van der Waals surface area contributed by atoms with Crippen LogP contribution in [0.1, 0.15) is 56.5 Å². The molecule has 3 rings (SSSR count). The maximum absolute atomic E-state index is 13.4.